The molecule has 1 aliphatic carbocycles. The predicted molar refractivity (Wildman–Crippen MR) is 68.1 cm³/mol. The maximum Gasteiger partial charge on any atom is 0.0100 e. The molecule has 1 aliphatic rings. The number of rotatable bonds is 5. The summed E-state index contributed by atoms with van der Waals surface area (Å²) in [6.45, 7) is 10.5. The summed E-state index contributed by atoms with van der Waals surface area (Å²) < 4.78 is 0. The zero-order valence-corrected chi connectivity index (χ0v) is 11.1. The molecule has 1 nitrogen and oxygen atoms in total. The molecule has 1 heteroatoms. The van der Waals surface area contributed by atoms with Crippen LogP contribution in [0.4, 0.5) is 0 Å². The molecule has 0 aromatic heterocycles. The lowest BCUT2D eigenvalue weighted by Crippen LogP contribution is -2.38. The Labute approximate surface area is 96.0 Å². The summed E-state index contributed by atoms with van der Waals surface area (Å²) in [6.07, 6.45) is 8.41. The molecule has 0 heterocycles. The van der Waals surface area contributed by atoms with Gasteiger partial charge in [-0.3, -0.25) is 0 Å². The second kappa shape index (κ2) is 5.89. The molecule has 1 rings (SSSR count). The van der Waals surface area contributed by atoms with Crippen molar-refractivity contribution in [3.63, 3.8) is 0 Å². The molecule has 0 spiro atoms. The van der Waals surface area contributed by atoms with Crippen LogP contribution in [0.25, 0.3) is 0 Å². The van der Waals surface area contributed by atoms with Crippen LogP contribution in [-0.4, -0.2) is 12.6 Å². The SMILES string of the molecule is CCCNC(CC(C)(C)C)C1CCCC1. The molecule has 90 valence electrons. The molecule has 0 aromatic rings. The first-order valence-corrected chi connectivity index (χ1v) is 6.76. The standard InChI is InChI=1S/C14H29N/c1-5-10-15-13(11-14(2,3)4)12-8-6-7-9-12/h12-13,15H,5-11H2,1-4H3. The van der Waals surface area contributed by atoms with Crippen LogP contribution in [0.15, 0.2) is 0 Å². The van der Waals surface area contributed by atoms with E-state index in [1.54, 1.807) is 0 Å². The molecule has 1 unspecified atom stereocenters. The van der Waals surface area contributed by atoms with Gasteiger partial charge < -0.3 is 5.32 Å². The van der Waals surface area contributed by atoms with E-state index < -0.39 is 0 Å². The molecule has 0 radical (unpaired) electrons. The Balaban J connectivity index is 2.44. The highest BCUT2D eigenvalue weighted by Gasteiger charge is 2.27. The highest BCUT2D eigenvalue weighted by molar-refractivity contribution is 4.84. The van der Waals surface area contributed by atoms with Crippen molar-refractivity contribution in [3.8, 4) is 0 Å². The van der Waals surface area contributed by atoms with E-state index in [1.165, 1.54) is 45.1 Å². The molecular weight excluding hydrogens is 182 g/mol. The maximum absolute atomic E-state index is 3.77. The molecule has 1 fully saturated rings. The summed E-state index contributed by atoms with van der Waals surface area (Å²) in [4.78, 5) is 0. The molecule has 15 heavy (non-hydrogen) atoms. The van der Waals surface area contributed by atoms with Crippen LogP contribution in [0, 0.1) is 11.3 Å². The van der Waals surface area contributed by atoms with Gasteiger partial charge in [0.2, 0.25) is 0 Å². The van der Waals surface area contributed by atoms with Crippen molar-refractivity contribution < 1.29 is 0 Å². The van der Waals surface area contributed by atoms with Gasteiger partial charge in [0, 0.05) is 6.04 Å². The van der Waals surface area contributed by atoms with Crippen LogP contribution in [-0.2, 0) is 0 Å². The van der Waals surface area contributed by atoms with Gasteiger partial charge in [-0.15, -0.1) is 0 Å². The fraction of sp³-hybridized carbons (Fsp3) is 1.00. The van der Waals surface area contributed by atoms with Gasteiger partial charge in [0.05, 0.1) is 0 Å². The van der Waals surface area contributed by atoms with Gasteiger partial charge in [-0.05, 0) is 43.6 Å². The highest BCUT2D eigenvalue weighted by Crippen LogP contribution is 2.33. The first-order chi connectivity index (χ1) is 7.03. The third-order valence-corrected chi connectivity index (χ3v) is 3.46. The third-order valence-electron chi connectivity index (χ3n) is 3.46. The van der Waals surface area contributed by atoms with Gasteiger partial charge in [-0.1, -0.05) is 40.5 Å². The fourth-order valence-electron chi connectivity index (χ4n) is 2.75. The van der Waals surface area contributed by atoms with Crippen molar-refractivity contribution in [2.24, 2.45) is 11.3 Å². The zero-order chi connectivity index (χ0) is 11.3. The Bertz CT molecular complexity index is 163. The number of hydrogen-bond acceptors (Lipinski definition) is 1. The molecule has 0 saturated heterocycles. The Morgan fingerprint density at radius 1 is 1.20 bits per heavy atom. The minimum atomic E-state index is 0.466. The average molecular weight is 211 g/mol. The second-order valence-electron chi connectivity index (χ2n) is 6.37. The first-order valence-electron chi connectivity index (χ1n) is 6.76. The molecule has 1 saturated carbocycles. The second-order valence-corrected chi connectivity index (χ2v) is 6.37. The molecule has 0 aliphatic heterocycles. The first kappa shape index (κ1) is 13.0. The lowest BCUT2D eigenvalue weighted by atomic mass is 9.82. The summed E-state index contributed by atoms with van der Waals surface area (Å²) in [5.41, 5.74) is 0.466. The summed E-state index contributed by atoms with van der Waals surface area (Å²) >= 11 is 0. The van der Waals surface area contributed by atoms with Gasteiger partial charge in [0.15, 0.2) is 0 Å². The van der Waals surface area contributed by atoms with E-state index in [0.717, 1.165) is 12.0 Å². The predicted octanol–water partition coefficient (Wildman–Crippen LogP) is 3.98. The normalized spacial score (nSPS) is 20.8. The average Bonchev–Trinajstić information content (AvgIpc) is 2.63. The van der Waals surface area contributed by atoms with Crippen LogP contribution in [0.2, 0.25) is 0 Å². The highest BCUT2D eigenvalue weighted by atomic mass is 14.9. The zero-order valence-electron chi connectivity index (χ0n) is 11.1. The Hall–Kier alpha value is -0.0400. The van der Waals surface area contributed by atoms with E-state index in [-0.39, 0.29) is 0 Å². The lowest BCUT2D eigenvalue weighted by molar-refractivity contribution is 0.248. The van der Waals surface area contributed by atoms with E-state index in [9.17, 15) is 0 Å². The van der Waals surface area contributed by atoms with Gasteiger partial charge in [-0.25, -0.2) is 0 Å². The molecule has 0 bridgehead atoms. The van der Waals surface area contributed by atoms with Gasteiger partial charge >= 0.3 is 0 Å². The quantitative estimate of drug-likeness (QED) is 0.725. The van der Waals surface area contributed by atoms with Gasteiger partial charge in [0.25, 0.3) is 0 Å². The molecular formula is C14H29N. The maximum atomic E-state index is 3.77. The van der Waals surface area contributed by atoms with E-state index in [2.05, 4.69) is 33.0 Å². The monoisotopic (exact) mass is 211 g/mol. The molecule has 1 atom stereocenters. The number of nitrogens with one attached hydrogen (secondary N) is 1. The summed E-state index contributed by atoms with van der Waals surface area (Å²) in [5, 5.41) is 3.77. The summed E-state index contributed by atoms with van der Waals surface area (Å²) in [5.74, 6) is 0.954. The Kier molecular flexibility index (Phi) is 5.11. The molecule has 0 aromatic carbocycles. The minimum Gasteiger partial charge on any atom is -0.314 e. The third kappa shape index (κ3) is 5.01. The van der Waals surface area contributed by atoms with E-state index in [1.807, 2.05) is 0 Å². The van der Waals surface area contributed by atoms with Crippen molar-refractivity contribution >= 4 is 0 Å². The van der Waals surface area contributed by atoms with Crippen LogP contribution < -0.4 is 5.32 Å². The lowest BCUT2D eigenvalue weighted by Gasteiger charge is -2.31. The van der Waals surface area contributed by atoms with Gasteiger partial charge in [-0.2, -0.15) is 0 Å². The van der Waals surface area contributed by atoms with Crippen LogP contribution >= 0.6 is 0 Å². The largest absolute Gasteiger partial charge is 0.314 e. The van der Waals surface area contributed by atoms with Crippen LogP contribution in [0.3, 0.4) is 0 Å². The van der Waals surface area contributed by atoms with E-state index in [0.29, 0.717) is 5.41 Å². The Morgan fingerprint density at radius 2 is 1.80 bits per heavy atom. The van der Waals surface area contributed by atoms with Crippen molar-refractivity contribution in [2.45, 2.75) is 72.3 Å². The van der Waals surface area contributed by atoms with Crippen LogP contribution in [0.1, 0.15) is 66.2 Å². The minimum absolute atomic E-state index is 0.466. The molecule has 0 amide bonds. The summed E-state index contributed by atoms with van der Waals surface area (Å²) in [6, 6.07) is 0.771. The van der Waals surface area contributed by atoms with E-state index >= 15 is 0 Å². The van der Waals surface area contributed by atoms with Gasteiger partial charge in [0.1, 0.15) is 0 Å². The summed E-state index contributed by atoms with van der Waals surface area (Å²) in [7, 11) is 0. The van der Waals surface area contributed by atoms with Crippen molar-refractivity contribution in [2.75, 3.05) is 6.54 Å². The molecule has 1 N–H and O–H groups in total. The van der Waals surface area contributed by atoms with Crippen molar-refractivity contribution in [3.05, 3.63) is 0 Å². The fourth-order valence-corrected chi connectivity index (χ4v) is 2.75. The van der Waals surface area contributed by atoms with E-state index in [4.69, 9.17) is 0 Å². The van der Waals surface area contributed by atoms with Crippen molar-refractivity contribution in [1.82, 2.24) is 5.32 Å². The Morgan fingerprint density at radius 3 is 2.27 bits per heavy atom. The smallest absolute Gasteiger partial charge is 0.0100 e. The van der Waals surface area contributed by atoms with Crippen LogP contribution in [0.5, 0.6) is 0 Å². The number of hydrogen-bond donors (Lipinski definition) is 1. The topological polar surface area (TPSA) is 12.0 Å². The van der Waals surface area contributed by atoms with Crippen molar-refractivity contribution in [1.29, 1.82) is 0 Å².